The molecule has 0 radical (unpaired) electrons. The van der Waals surface area contributed by atoms with Crippen LogP contribution >= 0.6 is 0 Å². The molecule has 0 spiro atoms. The summed E-state index contributed by atoms with van der Waals surface area (Å²) in [6, 6.07) is 70.5. The van der Waals surface area contributed by atoms with E-state index in [0.717, 1.165) is 22.7 Å². The molecule has 0 aliphatic heterocycles. The molecule has 1 heterocycles. The predicted molar refractivity (Wildman–Crippen MR) is 213 cm³/mol. The van der Waals surface area contributed by atoms with Gasteiger partial charge in [-0.05, 0) is 98.0 Å². The van der Waals surface area contributed by atoms with Gasteiger partial charge in [-0.15, -0.1) is 0 Å². The molecule has 10 rings (SSSR count). The van der Waals surface area contributed by atoms with Crippen LogP contribution in [0.1, 0.15) is 0 Å². The van der Waals surface area contributed by atoms with Gasteiger partial charge in [-0.3, -0.25) is 0 Å². The third-order valence-electron chi connectivity index (χ3n) is 10.1. The zero-order valence-corrected chi connectivity index (χ0v) is 27.4. The predicted octanol–water partition coefficient (Wildman–Crippen LogP) is 13.4. The molecule has 0 saturated carbocycles. The van der Waals surface area contributed by atoms with Crippen molar-refractivity contribution in [1.29, 1.82) is 0 Å². The first kappa shape index (κ1) is 28.4. The quantitative estimate of drug-likeness (QED) is 0.171. The van der Waals surface area contributed by atoms with Gasteiger partial charge in [0.25, 0.3) is 0 Å². The van der Waals surface area contributed by atoms with E-state index in [9.17, 15) is 0 Å². The monoisotopic (exact) mass is 636 g/mol. The average Bonchev–Trinajstić information content (AvgIpc) is 3.54. The average molecular weight is 637 g/mol. The Kier molecular flexibility index (Phi) is 6.53. The van der Waals surface area contributed by atoms with Crippen molar-refractivity contribution in [3.63, 3.8) is 0 Å². The van der Waals surface area contributed by atoms with Crippen molar-refractivity contribution in [1.82, 2.24) is 4.57 Å². The number of rotatable bonds is 5. The molecule has 0 saturated heterocycles. The highest BCUT2D eigenvalue weighted by atomic mass is 15.1. The van der Waals surface area contributed by atoms with Crippen LogP contribution in [0.4, 0.5) is 17.1 Å². The van der Waals surface area contributed by atoms with Gasteiger partial charge in [0.1, 0.15) is 0 Å². The molecule has 0 aliphatic rings. The summed E-state index contributed by atoms with van der Waals surface area (Å²) in [5.41, 5.74) is 9.31. The Morgan fingerprint density at radius 3 is 1.72 bits per heavy atom. The number of nitrogens with zero attached hydrogens (tertiary/aromatic N) is 2. The van der Waals surface area contributed by atoms with Gasteiger partial charge in [0, 0.05) is 27.8 Å². The van der Waals surface area contributed by atoms with Crippen molar-refractivity contribution < 1.29 is 0 Å². The fourth-order valence-electron chi connectivity index (χ4n) is 7.86. The molecule has 0 fully saturated rings. The molecule has 0 bridgehead atoms. The maximum atomic E-state index is 2.43. The Balaban J connectivity index is 1.22. The number of hydrogen-bond acceptors (Lipinski definition) is 1. The summed E-state index contributed by atoms with van der Waals surface area (Å²) in [5, 5.41) is 10.1. The van der Waals surface area contributed by atoms with Gasteiger partial charge in [-0.25, -0.2) is 0 Å². The molecule has 2 heteroatoms. The molecule has 9 aromatic carbocycles. The van der Waals surface area contributed by atoms with Crippen LogP contribution in [0.3, 0.4) is 0 Å². The van der Waals surface area contributed by atoms with Gasteiger partial charge in [0.15, 0.2) is 0 Å². The third-order valence-corrected chi connectivity index (χ3v) is 10.1. The number of fused-ring (bicyclic) bond motifs is 8. The smallest absolute Gasteiger partial charge is 0.0562 e. The summed E-state index contributed by atoms with van der Waals surface area (Å²) in [6.45, 7) is 0. The van der Waals surface area contributed by atoms with Crippen LogP contribution in [0.5, 0.6) is 0 Å². The van der Waals surface area contributed by atoms with E-state index in [4.69, 9.17) is 0 Å². The van der Waals surface area contributed by atoms with E-state index in [1.807, 2.05) is 0 Å². The molecule has 10 aromatic rings. The molecule has 2 nitrogen and oxygen atoms in total. The van der Waals surface area contributed by atoms with Gasteiger partial charge in [0.05, 0.1) is 16.7 Å². The van der Waals surface area contributed by atoms with Crippen LogP contribution in [-0.2, 0) is 0 Å². The standard InChI is InChI=1S/C48H32N2/c1-3-12-33(13-4-1)34-22-26-38(27-23-34)49(39-28-31-41-36(32-39)25-30-42-40-17-8-7-14-35(40)24-29-43(41)42)46-20-11-21-47-48(46)44-18-9-10-19-45(44)50(47)37-15-5-2-6-16-37/h1-32H. The Labute approximate surface area is 290 Å². The van der Waals surface area contributed by atoms with E-state index in [-0.39, 0.29) is 0 Å². The normalized spacial score (nSPS) is 11.6. The first-order chi connectivity index (χ1) is 24.8. The lowest BCUT2D eigenvalue weighted by Crippen LogP contribution is -2.10. The molecule has 0 aliphatic carbocycles. The highest BCUT2D eigenvalue weighted by molar-refractivity contribution is 6.19. The number of para-hydroxylation sites is 2. The second-order valence-electron chi connectivity index (χ2n) is 13.0. The summed E-state index contributed by atoms with van der Waals surface area (Å²) in [6.07, 6.45) is 0. The van der Waals surface area contributed by atoms with Crippen LogP contribution in [0.15, 0.2) is 194 Å². The largest absolute Gasteiger partial charge is 0.310 e. The van der Waals surface area contributed by atoms with Crippen LogP contribution in [0.25, 0.3) is 70.9 Å². The molecule has 1 aromatic heterocycles. The lowest BCUT2D eigenvalue weighted by atomic mass is 9.96. The van der Waals surface area contributed by atoms with Gasteiger partial charge in [-0.2, -0.15) is 0 Å². The minimum Gasteiger partial charge on any atom is -0.310 e. The van der Waals surface area contributed by atoms with E-state index in [1.165, 1.54) is 65.3 Å². The minimum absolute atomic E-state index is 1.11. The maximum absolute atomic E-state index is 2.43. The summed E-state index contributed by atoms with van der Waals surface area (Å²) in [4.78, 5) is 2.43. The van der Waals surface area contributed by atoms with Crippen LogP contribution in [0.2, 0.25) is 0 Å². The van der Waals surface area contributed by atoms with Gasteiger partial charge in [-0.1, -0.05) is 140 Å². The minimum atomic E-state index is 1.11. The van der Waals surface area contributed by atoms with E-state index < -0.39 is 0 Å². The van der Waals surface area contributed by atoms with Crippen molar-refractivity contribution in [2.24, 2.45) is 0 Å². The number of hydrogen-bond donors (Lipinski definition) is 0. The topological polar surface area (TPSA) is 8.17 Å². The molecule has 0 amide bonds. The third kappa shape index (κ3) is 4.50. The molecule has 0 atom stereocenters. The maximum Gasteiger partial charge on any atom is 0.0562 e. The number of aromatic nitrogens is 1. The highest BCUT2D eigenvalue weighted by Gasteiger charge is 2.21. The zero-order chi connectivity index (χ0) is 33.0. The summed E-state index contributed by atoms with van der Waals surface area (Å²) in [5.74, 6) is 0. The second kappa shape index (κ2) is 11.5. The van der Waals surface area contributed by atoms with Crippen molar-refractivity contribution >= 4 is 71.2 Å². The van der Waals surface area contributed by atoms with Crippen LogP contribution in [0, 0.1) is 0 Å². The first-order valence-electron chi connectivity index (χ1n) is 17.2. The lowest BCUT2D eigenvalue weighted by molar-refractivity contribution is 1.18. The molecule has 234 valence electrons. The Morgan fingerprint density at radius 2 is 0.920 bits per heavy atom. The SMILES string of the molecule is c1ccc(-c2ccc(N(c3ccc4c(ccc5c6ccccc6ccc45)c3)c3cccc4c3c3ccccc3n4-c3ccccc3)cc2)cc1. The molecular formula is C48H32N2. The fraction of sp³-hybridized carbons (Fsp3) is 0. The van der Waals surface area contributed by atoms with Gasteiger partial charge in [0.2, 0.25) is 0 Å². The van der Waals surface area contributed by atoms with Crippen molar-refractivity contribution in [2.45, 2.75) is 0 Å². The van der Waals surface area contributed by atoms with Crippen LogP contribution < -0.4 is 4.90 Å². The number of benzene rings is 9. The van der Waals surface area contributed by atoms with Crippen molar-refractivity contribution in [2.75, 3.05) is 4.90 Å². The molecule has 50 heavy (non-hydrogen) atoms. The van der Waals surface area contributed by atoms with E-state index in [2.05, 4.69) is 204 Å². The van der Waals surface area contributed by atoms with E-state index in [1.54, 1.807) is 0 Å². The van der Waals surface area contributed by atoms with Crippen molar-refractivity contribution in [3.05, 3.63) is 194 Å². The Morgan fingerprint density at radius 1 is 0.340 bits per heavy atom. The lowest BCUT2D eigenvalue weighted by Gasteiger charge is -2.27. The first-order valence-corrected chi connectivity index (χ1v) is 17.2. The number of anilines is 3. The van der Waals surface area contributed by atoms with E-state index >= 15 is 0 Å². The summed E-state index contributed by atoms with van der Waals surface area (Å²) >= 11 is 0. The highest BCUT2D eigenvalue weighted by Crippen LogP contribution is 2.45. The molecular weight excluding hydrogens is 605 g/mol. The van der Waals surface area contributed by atoms with Crippen LogP contribution in [-0.4, -0.2) is 4.57 Å². The van der Waals surface area contributed by atoms with Crippen molar-refractivity contribution in [3.8, 4) is 16.8 Å². The van der Waals surface area contributed by atoms with Gasteiger partial charge < -0.3 is 9.47 Å². The van der Waals surface area contributed by atoms with E-state index in [0.29, 0.717) is 0 Å². The summed E-state index contributed by atoms with van der Waals surface area (Å²) < 4.78 is 2.39. The molecule has 0 unspecified atom stereocenters. The Hall–Kier alpha value is -6.64. The zero-order valence-electron chi connectivity index (χ0n) is 27.4. The summed E-state index contributed by atoms with van der Waals surface area (Å²) in [7, 11) is 0. The Bertz CT molecular complexity index is 2850. The van der Waals surface area contributed by atoms with Gasteiger partial charge >= 0.3 is 0 Å². The molecule has 0 N–H and O–H groups in total. The fourth-order valence-corrected chi connectivity index (χ4v) is 7.86. The second-order valence-corrected chi connectivity index (χ2v) is 13.0.